The number of nitrogen functional groups attached to an aromatic ring is 1. The van der Waals surface area contributed by atoms with Crippen LogP contribution in [0.4, 0.5) is 5.69 Å². The summed E-state index contributed by atoms with van der Waals surface area (Å²) in [6.07, 6.45) is 4.00. The Bertz CT molecular complexity index is 1010. The number of halogens is 1. The van der Waals surface area contributed by atoms with Crippen molar-refractivity contribution in [1.82, 2.24) is 0 Å². The van der Waals surface area contributed by atoms with E-state index in [0.717, 1.165) is 34.7 Å². The first-order chi connectivity index (χ1) is 12.2. The third kappa shape index (κ3) is 3.25. The molecule has 25 heavy (non-hydrogen) atoms. The lowest BCUT2D eigenvalue weighted by molar-refractivity contribution is 0.965. The second-order valence-electron chi connectivity index (χ2n) is 6.29. The average Bonchev–Trinajstić information content (AvgIpc) is 2.77. The summed E-state index contributed by atoms with van der Waals surface area (Å²) in [5.41, 5.74) is 17.4. The standard InChI is InChI=1S/C23H18ClN/c24-19-11-13-22-18(15-19)10-9-17-5-1-2-7-21(17)23(22)12-8-16-4-3-6-20(25)14-16/h1-8,11,13-15H,9-10,25H2. The van der Waals surface area contributed by atoms with Crippen molar-refractivity contribution in [3.63, 3.8) is 0 Å². The molecule has 0 spiro atoms. The fourth-order valence-electron chi connectivity index (χ4n) is 3.37. The Hall–Kier alpha value is -2.73. The van der Waals surface area contributed by atoms with E-state index in [0.29, 0.717) is 0 Å². The van der Waals surface area contributed by atoms with Gasteiger partial charge in [0.15, 0.2) is 0 Å². The van der Waals surface area contributed by atoms with Crippen LogP contribution in [-0.4, -0.2) is 0 Å². The lowest BCUT2D eigenvalue weighted by Gasteiger charge is -2.09. The quantitative estimate of drug-likeness (QED) is 0.441. The molecule has 0 amide bonds. The van der Waals surface area contributed by atoms with Crippen LogP contribution in [-0.2, 0) is 12.8 Å². The molecule has 1 nitrogen and oxygen atoms in total. The molecule has 122 valence electrons. The van der Waals surface area contributed by atoms with Crippen LogP contribution in [0.15, 0.2) is 72.5 Å². The van der Waals surface area contributed by atoms with Crippen LogP contribution in [0.5, 0.6) is 0 Å². The normalized spacial score (nSPS) is 12.6. The Kier molecular flexibility index (Phi) is 4.19. The molecule has 0 atom stereocenters. The lowest BCUT2D eigenvalue weighted by Crippen LogP contribution is -1.91. The van der Waals surface area contributed by atoms with Crippen molar-refractivity contribution in [3.05, 3.63) is 105 Å². The van der Waals surface area contributed by atoms with Crippen LogP contribution >= 0.6 is 11.6 Å². The molecule has 0 heterocycles. The van der Waals surface area contributed by atoms with Gasteiger partial charge in [0.2, 0.25) is 0 Å². The molecule has 2 N–H and O–H groups in total. The topological polar surface area (TPSA) is 26.0 Å². The minimum Gasteiger partial charge on any atom is -0.399 e. The first kappa shape index (κ1) is 15.8. The predicted octanol–water partition coefficient (Wildman–Crippen LogP) is 5.76. The number of anilines is 1. The maximum atomic E-state index is 6.23. The van der Waals surface area contributed by atoms with Crippen LogP contribution in [0, 0.1) is 0 Å². The maximum Gasteiger partial charge on any atom is 0.0409 e. The number of fused-ring (bicyclic) bond motifs is 2. The van der Waals surface area contributed by atoms with Crippen LogP contribution in [0.1, 0.15) is 27.8 Å². The molecule has 0 aliphatic heterocycles. The molecule has 1 aliphatic carbocycles. The summed E-state index contributed by atoms with van der Waals surface area (Å²) in [6, 6.07) is 22.5. The van der Waals surface area contributed by atoms with Crippen LogP contribution in [0.3, 0.4) is 0 Å². The van der Waals surface area contributed by atoms with E-state index in [1.807, 2.05) is 36.4 Å². The van der Waals surface area contributed by atoms with Gasteiger partial charge in [0, 0.05) is 16.3 Å². The highest BCUT2D eigenvalue weighted by atomic mass is 35.5. The van der Waals surface area contributed by atoms with Crippen molar-refractivity contribution < 1.29 is 0 Å². The van der Waals surface area contributed by atoms with Crippen molar-refractivity contribution >= 4 is 28.9 Å². The van der Waals surface area contributed by atoms with Gasteiger partial charge >= 0.3 is 0 Å². The summed E-state index contributed by atoms with van der Waals surface area (Å²) in [4.78, 5) is 0. The molecule has 3 aromatic rings. The lowest BCUT2D eigenvalue weighted by atomic mass is 9.94. The minimum absolute atomic E-state index is 0.758. The van der Waals surface area contributed by atoms with E-state index in [-0.39, 0.29) is 0 Å². The Morgan fingerprint density at radius 1 is 0.840 bits per heavy atom. The zero-order valence-corrected chi connectivity index (χ0v) is 14.6. The van der Waals surface area contributed by atoms with Crippen molar-refractivity contribution in [2.75, 3.05) is 5.73 Å². The van der Waals surface area contributed by atoms with Crippen molar-refractivity contribution in [3.8, 4) is 0 Å². The second kappa shape index (κ2) is 6.64. The van der Waals surface area contributed by atoms with E-state index < -0.39 is 0 Å². The summed E-state index contributed by atoms with van der Waals surface area (Å²) in [6.45, 7) is 0. The Balaban J connectivity index is 1.95. The smallest absolute Gasteiger partial charge is 0.0409 e. The van der Waals surface area contributed by atoms with E-state index in [2.05, 4.69) is 42.1 Å². The van der Waals surface area contributed by atoms with Crippen molar-refractivity contribution in [2.45, 2.75) is 12.8 Å². The molecule has 0 bridgehead atoms. The first-order valence-electron chi connectivity index (χ1n) is 8.40. The number of hydrogen-bond acceptors (Lipinski definition) is 1. The van der Waals surface area contributed by atoms with Gasteiger partial charge in [0.05, 0.1) is 0 Å². The van der Waals surface area contributed by atoms with Gasteiger partial charge in [-0.1, -0.05) is 54.1 Å². The summed E-state index contributed by atoms with van der Waals surface area (Å²) in [5, 5.41) is 0.781. The Labute approximate surface area is 153 Å². The molecule has 1 aliphatic rings. The minimum atomic E-state index is 0.758. The zero-order valence-electron chi connectivity index (χ0n) is 13.8. The third-order valence-corrected chi connectivity index (χ3v) is 4.82. The molecule has 0 saturated carbocycles. The van der Waals surface area contributed by atoms with E-state index >= 15 is 0 Å². The fourth-order valence-corrected chi connectivity index (χ4v) is 3.56. The largest absolute Gasteiger partial charge is 0.399 e. The van der Waals surface area contributed by atoms with Gasteiger partial charge in [-0.05, 0) is 71.0 Å². The van der Waals surface area contributed by atoms with E-state index in [1.54, 1.807) is 0 Å². The molecular weight excluding hydrogens is 326 g/mol. The van der Waals surface area contributed by atoms with Gasteiger partial charge in [-0.25, -0.2) is 0 Å². The van der Waals surface area contributed by atoms with Crippen LogP contribution in [0.2, 0.25) is 5.02 Å². The summed E-state index contributed by atoms with van der Waals surface area (Å²) < 4.78 is 0. The summed E-state index contributed by atoms with van der Waals surface area (Å²) in [5.74, 6) is 0. The SMILES string of the molecule is Nc1cccc(C=C=C2c3ccccc3CCc3cc(Cl)ccc32)c1. The number of hydrogen-bond donors (Lipinski definition) is 1. The highest BCUT2D eigenvalue weighted by Crippen LogP contribution is 2.34. The molecule has 0 saturated heterocycles. The van der Waals surface area contributed by atoms with Gasteiger partial charge in [0.1, 0.15) is 0 Å². The molecule has 3 aromatic carbocycles. The van der Waals surface area contributed by atoms with E-state index in [1.165, 1.54) is 22.3 Å². The van der Waals surface area contributed by atoms with Gasteiger partial charge in [0.25, 0.3) is 0 Å². The number of aryl methyl sites for hydroxylation is 2. The highest BCUT2D eigenvalue weighted by molar-refractivity contribution is 6.30. The third-order valence-electron chi connectivity index (χ3n) is 4.58. The van der Waals surface area contributed by atoms with E-state index in [4.69, 9.17) is 17.3 Å². The van der Waals surface area contributed by atoms with Crippen LogP contribution < -0.4 is 5.73 Å². The van der Waals surface area contributed by atoms with E-state index in [9.17, 15) is 0 Å². The summed E-state index contributed by atoms with van der Waals surface area (Å²) >= 11 is 6.23. The van der Waals surface area contributed by atoms with Crippen molar-refractivity contribution in [2.24, 2.45) is 0 Å². The maximum absolute atomic E-state index is 6.23. The molecule has 0 fully saturated rings. The Morgan fingerprint density at radius 3 is 2.52 bits per heavy atom. The van der Waals surface area contributed by atoms with Gasteiger partial charge in [-0.15, -0.1) is 5.73 Å². The van der Waals surface area contributed by atoms with Gasteiger partial charge in [-0.2, -0.15) is 0 Å². The first-order valence-corrected chi connectivity index (χ1v) is 8.78. The molecule has 0 unspecified atom stereocenters. The molecule has 0 radical (unpaired) electrons. The predicted molar refractivity (Wildman–Crippen MR) is 107 cm³/mol. The van der Waals surface area contributed by atoms with Crippen LogP contribution in [0.25, 0.3) is 11.6 Å². The molecule has 0 aromatic heterocycles. The molecule has 2 heteroatoms. The van der Waals surface area contributed by atoms with Crippen molar-refractivity contribution in [1.29, 1.82) is 0 Å². The number of nitrogens with two attached hydrogens (primary N) is 1. The monoisotopic (exact) mass is 343 g/mol. The highest BCUT2D eigenvalue weighted by Gasteiger charge is 2.17. The Morgan fingerprint density at radius 2 is 1.64 bits per heavy atom. The average molecular weight is 344 g/mol. The zero-order chi connectivity index (χ0) is 17.2. The van der Waals surface area contributed by atoms with Gasteiger partial charge in [-0.3, -0.25) is 0 Å². The summed E-state index contributed by atoms with van der Waals surface area (Å²) in [7, 11) is 0. The van der Waals surface area contributed by atoms with Gasteiger partial charge < -0.3 is 5.73 Å². The second-order valence-corrected chi connectivity index (χ2v) is 6.73. The molecular formula is C23H18ClN. The number of benzene rings is 3. The number of rotatable bonds is 1. The fraction of sp³-hybridized carbons (Fsp3) is 0.0870. The molecule has 4 rings (SSSR count).